The van der Waals surface area contributed by atoms with Crippen LogP contribution in [0.25, 0.3) is 0 Å². The van der Waals surface area contributed by atoms with Crippen molar-refractivity contribution >= 4 is 34.8 Å². The van der Waals surface area contributed by atoms with E-state index in [0.29, 0.717) is 10.7 Å². The fraction of sp³-hybridized carbons (Fsp3) is 0.133. The predicted molar refractivity (Wildman–Crippen MR) is 79.9 cm³/mol. The Balaban J connectivity index is 2.15. The van der Waals surface area contributed by atoms with E-state index in [4.69, 9.17) is 23.2 Å². The quantitative estimate of drug-likeness (QED) is 0.880. The monoisotopic (exact) mass is 311 g/mol. The van der Waals surface area contributed by atoms with Crippen LogP contribution >= 0.6 is 23.2 Å². The highest BCUT2D eigenvalue weighted by Gasteiger charge is 2.12. The molecule has 2 aromatic rings. The van der Waals surface area contributed by atoms with Gasteiger partial charge in [-0.3, -0.25) is 4.79 Å². The maximum atomic E-state index is 13.6. The average molecular weight is 312 g/mol. The van der Waals surface area contributed by atoms with E-state index in [1.807, 2.05) is 6.92 Å². The van der Waals surface area contributed by atoms with Crippen LogP contribution in [0.1, 0.15) is 11.1 Å². The molecule has 0 radical (unpaired) electrons. The molecule has 0 aliphatic carbocycles. The molecule has 0 unspecified atom stereocenters. The Labute approximate surface area is 126 Å². The number of rotatable bonds is 3. The van der Waals surface area contributed by atoms with Crippen LogP contribution in [0, 0.1) is 12.7 Å². The first-order chi connectivity index (χ1) is 9.47. The van der Waals surface area contributed by atoms with Gasteiger partial charge in [-0.25, -0.2) is 4.39 Å². The molecule has 2 aromatic carbocycles. The van der Waals surface area contributed by atoms with E-state index in [-0.39, 0.29) is 22.9 Å². The zero-order valence-corrected chi connectivity index (χ0v) is 12.2. The molecule has 0 fully saturated rings. The molecular formula is C15H12Cl2FNO. The lowest BCUT2D eigenvalue weighted by atomic mass is 10.1. The van der Waals surface area contributed by atoms with Crippen molar-refractivity contribution in [3.63, 3.8) is 0 Å². The minimum Gasteiger partial charge on any atom is -0.326 e. The summed E-state index contributed by atoms with van der Waals surface area (Å²) in [6.45, 7) is 1.85. The Morgan fingerprint density at radius 2 is 2.00 bits per heavy atom. The molecule has 1 N–H and O–H groups in total. The number of halogens is 3. The SMILES string of the molecule is Cc1ccc(Cl)cc1NC(=O)Cc1c(F)cccc1Cl. The molecule has 20 heavy (non-hydrogen) atoms. The Bertz CT molecular complexity index is 638. The number of hydrogen-bond donors (Lipinski definition) is 1. The van der Waals surface area contributed by atoms with Crippen LogP contribution in [0.2, 0.25) is 10.0 Å². The van der Waals surface area contributed by atoms with E-state index in [9.17, 15) is 9.18 Å². The number of amides is 1. The number of nitrogens with one attached hydrogen (secondary N) is 1. The molecule has 0 atom stereocenters. The third-order valence-corrected chi connectivity index (χ3v) is 3.46. The molecule has 1 amide bonds. The zero-order chi connectivity index (χ0) is 14.7. The van der Waals surface area contributed by atoms with Crippen LogP contribution in [-0.2, 0) is 11.2 Å². The molecule has 0 saturated carbocycles. The first kappa shape index (κ1) is 14.8. The molecular weight excluding hydrogens is 300 g/mol. The zero-order valence-electron chi connectivity index (χ0n) is 10.7. The fourth-order valence-corrected chi connectivity index (χ4v) is 2.19. The van der Waals surface area contributed by atoms with Crippen molar-refractivity contribution in [2.75, 3.05) is 5.32 Å². The highest BCUT2D eigenvalue weighted by Crippen LogP contribution is 2.22. The minimum atomic E-state index is -0.490. The minimum absolute atomic E-state index is 0.128. The van der Waals surface area contributed by atoms with Crippen LogP contribution in [0.4, 0.5) is 10.1 Å². The van der Waals surface area contributed by atoms with E-state index in [1.165, 1.54) is 12.1 Å². The smallest absolute Gasteiger partial charge is 0.228 e. The molecule has 0 aliphatic heterocycles. The summed E-state index contributed by atoms with van der Waals surface area (Å²) in [6.07, 6.45) is -0.128. The normalized spacial score (nSPS) is 10.4. The van der Waals surface area contributed by atoms with Crippen LogP contribution in [-0.4, -0.2) is 5.91 Å². The van der Waals surface area contributed by atoms with E-state index in [1.54, 1.807) is 24.3 Å². The first-order valence-electron chi connectivity index (χ1n) is 5.96. The van der Waals surface area contributed by atoms with Gasteiger partial charge < -0.3 is 5.32 Å². The Morgan fingerprint density at radius 1 is 1.25 bits per heavy atom. The first-order valence-corrected chi connectivity index (χ1v) is 6.72. The van der Waals surface area contributed by atoms with Gasteiger partial charge in [0.1, 0.15) is 5.82 Å². The van der Waals surface area contributed by atoms with Gasteiger partial charge in [-0.1, -0.05) is 35.3 Å². The van der Waals surface area contributed by atoms with Gasteiger partial charge in [0.25, 0.3) is 0 Å². The van der Waals surface area contributed by atoms with Gasteiger partial charge in [0.2, 0.25) is 5.91 Å². The summed E-state index contributed by atoms with van der Waals surface area (Å²) in [5.74, 6) is -0.835. The van der Waals surface area contributed by atoms with Gasteiger partial charge in [0.05, 0.1) is 6.42 Å². The fourth-order valence-electron chi connectivity index (χ4n) is 1.79. The molecule has 0 saturated heterocycles. The molecule has 0 aromatic heterocycles. The topological polar surface area (TPSA) is 29.1 Å². The summed E-state index contributed by atoms with van der Waals surface area (Å²) in [4.78, 5) is 12.0. The van der Waals surface area contributed by atoms with E-state index >= 15 is 0 Å². The van der Waals surface area contributed by atoms with E-state index in [0.717, 1.165) is 5.56 Å². The molecule has 0 spiro atoms. The van der Waals surface area contributed by atoms with Crippen LogP contribution in [0.5, 0.6) is 0 Å². The van der Waals surface area contributed by atoms with Crippen molar-refractivity contribution in [2.45, 2.75) is 13.3 Å². The summed E-state index contributed by atoms with van der Waals surface area (Å²) >= 11 is 11.8. The average Bonchev–Trinajstić information content (AvgIpc) is 2.38. The second-order valence-electron chi connectivity index (χ2n) is 4.38. The summed E-state index contributed by atoms with van der Waals surface area (Å²) < 4.78 is 13.6. The van der Waals surface area contributed by atoms with Gasteiger partial charge >= 0.3 is 0 Å². The highest BCUT2D eigenvalue weighted by molar-refractivity contribution is 6.31. The second-order valence-corrected chi connectivity index (χ2v) is 5.23. The lowest BCUT2D eigenvalue weighted by Gasteiger charge is -2.10. The number of anilines is 1. The Hall–Kier alpha value is -1.58. The van der Waals surface area contributed by atoms with Gasteiger partial charge in [-0.05, 0) is 36.8 Å². The van der Waals surface area contributed by atoms with Crippen LogP contribution in [0.15, 0.2) is 36.4 Å². The molecule has 2 nitrogen and oxygen atoms in total. The lowest BCUT2D eigenvalue weighted by Crippen LogP contribution is -2.16. The number of aryl methyl sites for hydroxylation is 1. The van der Waals surface area contributed by atoms with Crippen LogP contribution in [0.3, 0.4) is 0 Å². The standard InChI is InChI=1S/C15H12Cl2FNO/c1-9-5-6-10(16)7-14(9)19-15(20)8-11-12(17)3-2-4-13(11)18/h2-7H,8H2,1H3,(H,19,20). The van der Waals surface area contributed by atoms with Crippen molar-refractivity contribution < 1.29 is 9.18 Å². The van der Waals surface area contributed by atoms with Crippen molar-refractivity contribution in [3.05, 3.63) is 63.4 Å². The number of hydrogen-bond acceptors (Lipinski definition) is 1. The van der Waals surface area contributed by atoms with E-state index < -0.39 is 5.82 Å². The second kappa shape index (κ2) is 6.25. The molecule has 0 heterocycles. The summed E-state index contributed by atoms with van der Waals surface area (Å²) in [5, 5.41) is 3.47. The number of carbonyl (C=O) groups excluding carboxylic acids is 1. The Morgan fingerprint density at radius 3 is 2.70 bits per heavy atom. The van der Waals surface area contributed by atoms with Gasteiger partial charge in [-0.15, -0.1) is 0 Å². The largest absolute Gasteiger partial charge is 0.326 e. The van der Waals surface area contributed by atoms with Gasteiger partial charge in [0, 0.05) is 21.3 Å². The van der Waals surface area contributed by atoms with E-state index in [2.05, 4.69) is 5.32 Å². The van der Waals surface area contributed by atoms with Gasteiger partial charge in [-0.2, -0.15) is 0 Å². The summed E-state index contributed by atoms with van der Waals surface area (Å²) in [7, 11) is 0. The maximum Gasteiger partial charge on any atom is 0.228 e. The van der Waals surface area contributed by atoms with Crippen molar-refractivity contribution in [2.24, 2.45) is 0 Å². The molecule has 5 heteroatoms. The van der Waals surface area contributed by atoms with Crippen molar-refractivity contribution in [3.8, 4) is 0 Å². The maximum absolute atomic E-state index is 13.6. The summed E-state index contributed by atoms with van der Waals surface area (Å²) in [5.41, 5.74) is 1.67. The van der Waals surface area contributed by atoms with Gasteiger partial charge in [0.15, 0.2) is 0 Å². The molecule has 104 valence electrons. The molecule has 2 rings (SSSR count). The highest BCUT2D eigenvalue weighted by atomic mass is 35.5. The number of benzene rings is 2. The van der Waals surface area contributed by atoms with Crippen molar-refractivity contribution in [1.29, 1.82) is 0 Å². The predicted octanol–water partition coefficient (Wildman–Crippen LogP) is 4.62. The Kier molecular flexibility index (Phi) is 4.63. The lowest BCUT2D eigenvalue weighted by molar-refractivity contribution is -0.115. The third-order valence-electron chi connectivity index (χ3n) is 2.87. The molecule has 0 aliphatic rings. The van der Waals surface area contributed by atoms with Crippen LogP contribution < -0.4 is 5.32 Å². The molecule has 0 bridgehead atoms. The number of carbonyl (C=O) groups is 1. The third kappa shape index (κ3) is 3.50. The van der Waals surface area contributed by atoms with Crippen molar-refractivity contribution in [1.82, 2.24) is 0 Å². The summed E-state index contributed by atoms with van der Waals surface area (Å²) in [6, 6.07) is 9.52.